The molecule has 0 saturated carbocycles. The molecule has 1 amide bonds. The van der Waals surface area contributed by atoms with Crippen LogP contribution in [0.25, 0.3) is 6.08 Å². The number of pyridine rings is 1. The molecule has 2 fully saturated rings. The highest BCUT2D eigenvalue weighted by Gasteiger charge is 2.33. The van der Waals surface area contributed by atoms with E-state index in [1.165, 1.54) is 11.8 Å². The second kappa shape index (κ2) is 11.8. The number of hydrogen-bond donors (Lipinski definition) is 0. The van der Waals surface area contributed by atoms with E-state index in [1.807, 2.05) is 13.0 Å². The van der Waals surface area contributed by atoms with Crippen LogP contribution >= 0.6 is 24.0 Å². The van der Waals surface area contributed by atoms with Gasteiger partial charge in [0.05, 0.1) is 18.1 Å². The highest BCUT2D eigenvalue weighted by molar-refractivity contribution is 8.26. The first-order valence-electron chi connectivity index (χ1n) is 11.7. The molecule has 3 rings (SSSR count). The summed E-state index contributed by atoms with van der Waals surface area (Å²) in [6, 6.07) is 2.09. The number of thiocarbonyl (C=S) groups is 1. The Morgan fingerprint density at radius 1 is 1.12 bits per heavy atom. The summed E-state index contributed by atoms with van der Waals surface area (Å²) < 4.78 is 7.78. The van der Waals surface area contributed by atoms with Gasteiger partial charge in [0.25, 0.3) is 11.5 Å². The number of unbranched alkanes of at least 4 members (excludes halogenated alkanes) is 3. The van der Waals surface area contributed by atoms with Crippen LogP contribution in [0.5, 0.6) is 0 Å². The van der Waals surface area contributed by atoms with E-state index in [0.29, 0.717) is 54.2 Å². The number of hydrogen-bond acceptors (Lipinski definition) is 7. The third-order valence-electron chi connectivity index (χ3n) is 5.99. The van der Waals surface area contributed by atoms with Gasteiger partial charge in [-0.25, -0.2) is 0 Å². The van der Waals surface area contributed by atoms with Gasteiger partial charge in [0, 0.05) is 31.7 Å². The molecule has 3 heterocycles. The molecule has 33 heavy (non-hydrogen) atoms. The van der Waals surface area contributed by atoms with Crippen molar-refractivity contribution in [2.45, 2.75) is 59.4 Å². The van der Waals surface area contributed by atoms with Crippen LogP contribution in [-0.2, 0) is 16.1 Å². The maximum atomic E-state index is 13.2. The highest BCUT2D eigenvalue weighted by Crippen LogP contribution is 2.36. The lowest BCUT2D eigenvalue weighted by molar-refractivity contribution is -0.122. The molecular weight excluding hydrogens is 456 g/mol. The SMILES string of the molecule is CCCCCCN1C(=O)/C(=C\c2c(C)c(C#N)c(=O)n(CCC)c2N2CCOCC2)SC1=S. The maximum absolute atomic E-state index is 13.2. The Hall–Kier alpha value is -2.15. The molecule has 0 spiro atoms. The number of anilines is 1. The molecular formula is C24H32N4O3S2. The number of nitrogens with zero attached hydrogens (tertiary/aromatic N) is 4. The van der Waals surface area contributed by atoms with Crippen molar-refractivity contribution in [1.82, 2.24) is 9.47 Å². The molecule has 1 aromatic rings. The largest absolute Gasteiger partial charge is 0.378 e. The summed E-state index contributed by atoms with van der Waals surface area (Å²) in [6.07, 6.45) is 6.85. The molecule has 0 aliphatic carbocycles. The van der Waals surface area contributed by atoms with Crippen molar-refractivity contribution in [3.63, 3.8) is 0 Å². The predicted molar refractivity (Wildman–Crippen MR) is 137 cm³/mol. The molecule has 7 nitrogen and oxygen atoms in total. The second-order valence-corrected chi connectivity index (χ2v) is 9.98. The van der Waals surface area contributed by atoms with Crippen LogP contribution in [0.2, 0.25) is 0 Å². The first-order chi connectivity index (χ1) is 15.9. The molecule has 2 aliphatic rings. The summed E-state index contributed by atoms with van der Waals surface area (Å²) in [6.45, 7) is 9.50. The quantitative estimate of drug-likeness (QED) is 0.295. The van der Waals surface area contributed by atoms with Gasteiger partial charge >= 0.3 is 0 Å². The lowest BCUT2D eigenvalue weighted by Crippen LogP contribution is -2.41. The van der Waals surface area contributed by atoms with Crippen LogP contribution in [0, 0.1) is 18.3 Å². The monoisotopic (exact) mass is 488 g/mol. The minimum atomic E-state index is -0.279. The van der Waals surface area contributed by atoms with E-state index >= 15 is 0 Å². The number of rotatable bonds is 9. The Morgan fingerprint density at radius 2 is 1.85 bits per heavy atom. The van der Waals surface area contributed by atoms with Gasteiger partial charge in [0.15, 0.2) is 0 Å². The van der Waals surface area contributed by atoms with Crippen LogP contribution in [0.4, 0.5) is 5.82 Å². The van der Waals surface area contributed by atoms with Crippen molar-refractivity contribution < 1.29 is 9.53 Å². The topological polar surface area (TPSA) is 78.6 Å². The average Bonchev–Trinajstić information content (AvgIpc) is 3.08. The molecule has 0 radical (unpaired) electrons. The van der Waals surface area contributed by atoms with Crippen molar-refractivity contribution >= 4 is 46.1 Å². The Morgan fingerprint density at radius 3 is 2.48 bits per heavy atom. The van der Waals surface area contributed by atoms with E-state index in [2.05, 4.69) is 17.9 Å². The van der Waals surface area contributed by atoms with E-state index in [9.17, 15) is 14.9 Å². The molecule has 178 valence electrons. The molecule has 0 N–H and O–H groups in total. The summed E-state index contributed by atoms with van der Waals surface area (Å²) in [5.74, 6) is 0.662. The van der Waals surface area contributed by atoms with Crippen molar-refractivity contribution in [3.8, 4) is 6.07 Å². The van der Waals surface area contributed by atoms with Gasteiger partial charge in [-0.2, -0.15) is 5.26 Å². The highest BCUT2D eigenvalue weighted by atomic mass is 32.2. The Labute approximate surface area is 205 Å². The number of morpholine rings is 1. The van der Waals surface area contributed by atoms with Crippen LogP contribution < -0.4 is 10.5 Å². The maximum Gasteiger partial charge on any atom is 0.270 e. The molecule has 0 unspecified atom stereocenters. The van der Waals surface area contributed by atoms with Gasteiger partial charge in [-0.15, -0.1) is 0 Å². The number of amides is 1. The Bertz CT molecular complexity index is 1040. The van der Waals surface area contributed by atoms with Crippen molar-refractivity contribution in [3.05, 3.63) is 31.9 Å². The van der Waals surface area contributed by atoms with Crippen LogP contribution in [0.3, 0.4) is 0 Å². The fraction of sp³-hybridized carbons (Fsp3) is 0.583. The van der Waals surface area contributed by atoms with E-state index in [-0.39, 0.29) is 17.0 Å². The number of nitriles is 1. The van der Waals surface area contributed by atoms with Crippen LogP contribution in [0.15, 0.2) is 9.70 Å². The third kappa shape index (κ3) is 5.51. The predicted octanol–water partition coefficient (Wildman–Crippen LogP) is 4.06. The van der Waals surface area contributed by atoms with E-state index in [1.54, 1.807) is 16.4 Å². The second-order valence-electron chi connectivity index (χ2n) is 8.30. The van der Waals surface area contributed by atoms with Crippen LogP contribution in [0.1, 0.15) is 62.6 Å². The summed E-state index contributed by atoms with van der Waals surface area (Å²) in [4.78, 5) is 30.7. The van der Waals surface area contributed by atoms with Crippen molar-refractivity contribution in [2.24, 2.45) is 0 Å². The zero-order valence-corrected chi connectivity index (χ0v) is 21.3. The number of carbonyl (C=O) groups is 1. The van der Waals surface area contributed by atoms with Crippen molar-refractivity contribution in [2.75, 3.05) is 37.7 Å². The Balaban J connectivity index is 2.08. The average molecular weight is 489 g/mol. The van der Waals surface area contributed by atoms with E-state index in [0.717, 1.165) is 43.5 Å². The molecule has 0 atom stereocenters. The van der Waals surface area contributed by atoms with Gasteiger partial charge in [0.1, 0.15) is 21.8 Å². The number of ether oxygens (including phenoxy) is 1. The van der Waals surface area contributed by atoms with Gasteiger partial charge < -0.3 is 9.64 Å². The van der Waals surface area contributed by atoms with Crippen LogP contribution in [-0.4, -0.2) is 52.5 Å². The fourth-order valence-electron chi connectivity index (χ4n) is 4.21. The third-order valence-corrected chi connectivity index (χ3v) is 7.37. The molecule has 9 heteroatoms. The van der Waals surface area contributed by atoms with Crippen molar-refractivity contribution in [1.29, 1.82) is 5.26 Å². The molecule has 0 bridgehead atoms. The lowest BCUT2D eigenvalue weighted by atomic mass is 10.0. The zero-order valence-electron chi connectivity index (χ0n) is 19.7. The fourth-order valence-corrected chi connectivity index (χ4v) is 5.50. The first-order valence-corrected chi connectivity index (χ1v) is 12.9. The lowest BCUT2D eigenvalue weighted by Gasteiger charge is -2.33. The Kier molecular flexibility index (Phi) is 9.12. The minimum absolute atomic E-state index is 0.0967. The molecule has 0 aromatic carbocycles. The standard InChI is InChI=1S/C24H32N4O3S2/c1-4-6-7-8-10-28-23(30)20(33-24(28)32)15-18-17(3)19(16-25)22(29)27(9-5-2)21(18)26-11-13-31-14-12-26/h15H,4-14H2,1-3H3/b20-15+. The van der Waals surface area contributed by atoms with Gasteiger partial charge in [-0.3, -0.25) is 19.1 Å². The smallest absolute Gasteiger partial charge is 0.270 e. The molecule has 2 saturated heterocycles. The van der Waals surface area contributed by atoms with E-state index in [4.69, 9.17) is 17.0 Å². The normalized spacial score (nSPS) is 17.8. The number of thioether (sulfide) groups is 1. The first kappa shape index (κ1) is 25.5. The van der Waals surface area contributed by atoms with Gasteiger partial charge in [-0.1, -0.05) is 57.1 Å². The number of carbonyl (C=O) groups excluding carboxylic acids is 1. The van der Waals surface area contributed by atoms with E-state index < -0.39 is 0 Å². The summed E-state index contributed by atoms with van der Waals surface area (Å²) in [7, 11) is 0. The molecule has 2 aliphatic heterocycles. The van der Waals surface area contributed by atoms with Gasteiger partial charge in [-0.05, 0) is 31.4 Å². The van der Waals surface area contributed by atoms with Gasteiger partial charge in [0.2, 0.25) is 0 Å². The summed E-state index contributed by atoms with van der Waals surface area (Å²) in [5, 5.41) is 9.74. The summed E-state index contributed by atoms with van der Waals surface area (Å²) >= 11 is 6.81. The minimum Gasteiger partial charge on any atom is -0.378 e. The summed E-state index contributed by atoms with van der Waals surface area (Å²) in [5.41, 5.74) is 1.19. The zero-order chi connectivity index (χ0) is 24.0. The molecule has 1 aromatic heterocycles. The number of aromatic nitrogens is 1.